The van der Waals surface area contributed by atoms with Crippen molar-refractivity contribution in [1.29, 1.82) is 0 Å². The van der Waals surface area contributed by atoms with Crippen LogP contribution in [0.15, 0.2) is 54.7 Å². The number of alkyl halides is 3. The van der Waals surface area contributed by atoms with Gasteiger partial charge in [-0.3, -0.25) is 19.9 Å². The fourth-order valence-electron chi connectivity index (χ4n) is 2.70. The van der Waals surface area contributed by atoms with Crippen molar-refractivity contribution < 1.29 is 32.4 Å². The van der Waals surface area contributed by atoms with Crippen LogP contribution in [0.4, 0.5) is 18.9 Å². The van der Waals surface area contributed by atoms with E-state index in [0.29, 0.717) is 23.4 Å². The summed E-state index contributed by atoms with van der Waals surface area (Å²) in [6.45, 7) is -0.371. The van der Waals surface area contributed by atoms with Crippen molar-refractivity contribution >= 4 is 22.5 Å². The van der Waals surface area contributed by atoms with E-state index in [1.54, 1.807) is 18.3 Å². The monoisotopic (exact) mass is 435 g/mol. The van der Waals surface area contributed by atoms with E-state index in [2.05, 4.69) is 10.3 Å². The zero-order valence-electron chi connectivity index (χ0n) is 15.9. The number of halogens is 3. The van der Waals surface area contributed by atoms with Crippen molar-refractivity contribution in [3.63, 3.8) is 0 Å². The number of nitrogens with one attached hydrogen (secondary N) is 1. The SMILES string of the molecule is O=C(COc1ccc(C(F)(F)F)cc1[N+](=O)[O-])NCCOc1cccc2cccnc12. The smallest absolute Gasteiger partial charge is 0.416 e. The Morgan fingerprint density at radius 2 is 1.87 bits per heavy atom. The molecule has 0 fully saturated rings. The lowest BCUT2D eigenvalue weighted by Gasteiger charge is -2.11. The van der Waals surface area contributed by atoms with Crippen molar-refractivity contribution in [3.8, 4) is 11.5 Å². The van der Waals surface area contributed by atoms with Crippen LogP contribution in [-0.2, 0) is 11.0 Å². The normalized spacial score (nSPS) is 11.2. The topological polar surface area (TPSA) is 104 Å². The molecule has 0 aliphatic carbocycles. The highest BCUT2D eigenvalue weighted by Gasteiger charge is 2.33. The van der Waals surface area contributed by atoms with Gasteiger partial charge in [0.15, 0.2) is 12.4 Å². The molecule has 0 unspecified atom stereocenters. The summed E-state index contributed by atoms with van der Waals surface area (Å²) in [6, 6.07) is 10.9. The molecule has 0 saturated carbocycles. The van der Waals surface area contributed by atoms with Crippen molar-refractivity contribution in [2.45, 2.75) is 6.18 Å². The Bertz CT molecular complexity index is 1100. The van der Waals surface area contributed by atoms with E-state index in [1.165, 1.54) is 0 Å². The number of amides is 1. The van der Waals surface area contributed by atoms with Crippen molar-refractivity contribution in [3.05, 3.63) is 70.4 Å². The number of benzene rings is 2. The van der Waals surface area contributed by atoms with E-state index in [9.17, 15) is 28.1 Å². The first kappa shape index (κ1) is 21.8. The second kappa shape index (κ2) is 9.28. The molecule has 0 atom stereocenters. The number of hydrogen-bond acceptors (Lipinski definition) is 6. The van der Waals surface area contributed by atoms with Gasteiger partial charge in [0.05, 0.1) is 17.0 Å². The van der Waals surface area contributed by atoms with Gasteiger partial charge < -0.3 is 14.8 Å². The Labute approximate surface area is 173 Å². The molecule has 162 valence electrons. The van der Waals surface area contributed by atoms with Crippen LogP contribution < -0.4 is 14.8 Å². The molecule has 1 aromatic heterocycles. The van der Waals surface area contributed by atoms with Gasteiger partial charge >= 0.3 is 11.9 Å². The first-order chi connectivity index (χ1) is 14.8. The van der Waals surface area contributed by atoms with Gasteiger partial charge in [-0.25, -0.2) is 0 Å². The van der Waals surface area contributed by atoms with Gasteiger partial charge in [-0.15, -0.1) is 0 Å². The first-order valence-corrected chi connectivity index (χ1v) is 8.97. The van der Waals surface area contributed by atoms with E-state index in [1.807, 2.05) is 18.2 Å². The lowest BCUT2D eigenvalue weighted by molar-refractivity contribution is -0.386. The molecule has 1 heterocycles. The van der Waals surface area contributed by atoms with Crippen molar-refractivity contribution in [1.82, 2.24) is 10.3 Å². The molecular weight excluding hydrogens is 419 g/mol. The number of hydrogen-bond donors (Lipinski definition) is 1. The highest BCUT2D eigenvalue weighted by Crippen LogP contribution is 2.36. The number of rotatable bonds is 8. The zero-order chi connectivity index (χ0) is 22.4. The molecule has 0 bridgehead atoms. The maximum absolute atomic E-state index is 12.7. The quantitative estimate of drug-likeness (QED) is 0.329. The van der Waals surface area contributed by atoms with Crippen molar-refractivity contribution in [2.24, 2.45) is 0 Å². The highest BCUT2D eigenvalue weighted by molar-refractivity contribution is 5.84. The Balaban J connectivity index is 1.51. The molecule has 11 heteroatoms. The van der Waals surface area contributed by atoms with E-state index in [4.69, 9.17) is 9.47 Å². The number of nitro groups is 1. The van der Waals surface area contributed by atoms with Crippen LogP contribution in [0.3, 0.4) is 0 Å². The molecule has 0 spiro atoms. The van der Waals surface area contributed by atoms with Gasteiger partial charge in [0.25, 0.3) is 5.91 Å². The Morgan fingerprint density at radius 3 is 2.61 bits per heavy atom. The van der Waals surface area contributed by atoms with Crippen LogP contribution in [0.2, 0.25) is 0 Å². The van der Waals surface area contributed by atoms with Gasteiger partial charge in [-0.1, -0.05) is 18.2 Å². The van der Waals surface area contributed by atoms with Crippen LogP contribution in [0.25, 0.3) is 10.9 Å². The second-order valence-corrected chi connectivity index (χ2v) is 6.26. The molecule has 0 aliphatic rings. The van der Waals surface area contributed by atoms with Gasteiger partial charge in [0.1, 0.15) is 17.9 Å². The number of carbonyl (C=O) groups excluding carboxylic acids is 1. The standard InChI is InChI=1S/C20H16F3N3O5/c21-20(22,23)14-6-7-16(15(11-14)26(28)29)31-12-18(27)24-9-10-30-17-5-1-3-13-4-2-8-25-19(13)17/h1-8,11H,9-10,12H2,(H,24,27). The number of aromatic nitrogens is 1. The molecule has 8 nitrogen and oxygen atoms in total. The summed E-state index contributed by atoms with van der Waals surface area (Å²) in [7, 11) is 0. The Hall–Kier alpha value is -3.89. The molecule has 3 rings (SSSR count). The predicted molar refractivity (Wildman–Crippen MR) is 104 cm³/mol. The summed E-state index contributed by atoms with van der Waals surface area (Å²) in [5.41, 5.74) is -1.39. The molecule has 0 radical (unpaired) electrons. The van der Waals surface area contributed by atoms with Crippen LogP contribution in [0, 0.1) is 10.1 Å². The fraction of sp³-hybridized carbons (Fsp3) is 0.200. The number of fused-ring (bicyclic) bond motifs is 1. The summed E-state index contributed by atoms with van der Waals surface area (Å²) in [4.78, 5) is 26.2. The second-order valence-electron chi connectivity index (χ2n) is 6.26. The van der Waals surface area contributed by atoms with Crippen LogP contribution >= 0.6 is 0 Å². The summed E-state index contributed by atoms with van der Waals surface area (Å²) in [5.74, 6) is -0.510. The molecule has 2 aromatic carbocycles. The fourth-order valence-corrected chi connectivity index (χ4v) is 2.70. The third-order valence-electron chi connectivity index (χ3n) is 4.12. The molecule has 1 N–H and O–H groups in total. The molecule has 1 amide bonds. The van der Waals surface area contributed by atoms with E-state index >= 15 is 0 Å². The maximum Gasteiger partial charge on any atom is 0.416 e. The zero-order valence-corrected chi connectivity index (χ0v) is 15.9. The highest BCUT2D eigenvalue weighted by atomic mass is 19.4. The molecule has 0 aliphatic heterocycles. The summed E-state index contributed by atoms with van der Waals surface area (Å²) >= 11 is 0. The minimum absolute atomic E-state index is 0.112. The number of para-hydroxylation sites is 1. The minimum atomic E-state index is -4.74. The Kier molecular flexibility index (Phi) is 6.53. The average Bonchev–Trinajstić information content (AvgIpc) is 2.74. The predicted octanol–water partition coefficient (Wildman–Crippen LogP) is 3.74. The molecule has 3 aromatic rings. The number of ether oxygens (including phenoxy) is 2. The first-order valence-electron chi connectivity index (χ1n) is 8.97. The van der Waals surface area contributed by atoms with E-state index < -0.39 is 40.6 Å². The number of nitro benzene ring substituents is 1. The number of pyridine rings is 1. The third-order valence-corrected chi connectivity index (χ3v) is 4.12. The maximum atomic E-state index is 12.7. The van der Waals surface area contributed by atoms with Gasteiger partial charge in [-0.2, -0.15) is 13.2 Å². The minimum Gasteiger partial charge on any atom is -0.489 e. The average molecular weight is 435 g/mol. The number of nitrogens with zero attached hydrogens (tertiary/aromatic N) is 2. The van der Waals surface area contributed by atoms with E-state index in [0.717, 1.165) is 11.5 Å². The Morgan fingerprint density at radius 1 is 1.10 bits per heavy atom. The summed E-state index contributed by atoms with van der Waals surface area (Å²) in [6.07, 6.45) is -3.10. The van der Waals surface area contributed by atoms with Crippen LogP contribution in [0.1, 0.15) is 5.56 Å². The molecular formula is C20H16F3N3O5. The lowest BCUT2D eigenvalue weighted by Crippen LogP contribution is -2.32. The summed E-state index contributed by atoms with van der Waals surface area (Å²) in [5, 5.41) is 14.4. The third kappa shape index (κ3) is 5.59. The van der Waals surface area contributed by atoms with Gasteiger partial charge in [0.2, 0.25) is 0 Å². The summed E-state index contributed by atoms with van der Waals surface area (Å²) < 4.78 is 48.8. The van der Waals surface area contributed by atoms with Gasteiger partial charge in [-0.05, 0) is 24.3 Å². The largest absolute Gasteiger partial charge is 0.489 e. The number of carbonyl (C=O) groups is 1. The van der Waals surface area contributed by atoms with Gasteiger partial charge in [0, 0.05) is 17.6 Å². The van der Waals surface area contributed by atoms with Crippen molar-refractivity contribution in [2.75, 3.05) is 19.8 Å². The molecule has 0 saturated heterocycles. The van der Waals surface area contributed by atoms with E-state index in [-0.39, 0.29) is 13.2 Å². The van der Waals surface area contributed by atoms with Crippen LogP contribution in [-0.4, -0.2) is 35.6 Å². The van der Waals surface area contributed by atoms with Crippen LogP contribution in [0.5, 0.6) is 11.5 Å². The molecule has 31 heavy (non-hydrogen) atoms. The lowest BCUT2D eigenvalue weighted by atomic mass is 10.2.